The first-order valence-corrected chi connectivity index (χ1v) is 8.59. The summed E-state index contributed by atoms with van der Waals surface area (Å²) in [5.41, 5.74) is -0.246. The molecule has 0 aromatic carbocycles. The van der Waals surface area contributed by atoms with Crippen LogP contribution < -0.4 is 0 Å². The van der Waals surface area contributed by atoms with Crippen molar-refractivity contribution in [3.05, 3.63) is 18.5 Å². The monoisotopic (exact) mass is 303 g/mol. The van der Waals surface area contributed by atoms with Gasteiger partial charge in [-0.2, -0.15) is 5.10 Å². The van der Waals surface area contributed by atoms with Crippen LogP contribution in [0.15, 0.2) is 18.5 Å². The number of likely N-dealkylation sites (tertiary alicyclic amines) is 1. The number of aliphatic hydroxyl groups excluding tert-OH is 1. The van der Waals surface area contributed by atoms with E-state index in [9.17, 15) is 9.90 Å². The minimum atomic E-state index is -0.228. The highest BCUT2D eigenvalue weighted by Crippen LogP contribution is 2.51. The number of rotatable bonds is 3. The molecule has 3 fully saturated rings. The lowest BCUT2D eigenvalue weighted by atomic mass is 9.76. The second kappa shape index (κ2) is 5.08. The van der Waals surface area contributed by atoms with Gasteiger partial charge in [-0.1, -0.05) is 6.42 Å². The molecular formula is C17H25N3O2. The number of aromatic nitrogens is 2. The molecule has 1 spiro atoms. The minimum absolute atomic E-state index is 0.0182. The molecule has 0 radical (unpaired) electrons. The van der Waals surface area contributed by atoms with Crippen molar-refractivity contribution in [2.45, 2.75) is 57.6 Å². The van der Waals surface area contributed by atoms with Crippen molar-refractivity contribution in [3.8, 4) is 0 Å². The second-order valence-corrected chi connectivity index (χ2v) is 7.58. The van der Waals surface area contributed by atoms with Gasteiger partial charge in [-0.3, -0.25) is 9.48 Å². The van der Waals surface area contributed by atoms with Gasteiger partial charge in [0.05, 0.1) is 18.1 Å². The summed E-state index contributed by atoms with van der Waals surface area (Å²) in [6, 6.07) is 1.91. The highest BCUT2D eigenvalue weighted by molar-refractivity contribution is 5.85. The summed E-state index contributed by atoms with van der Waals surface area (Å²) >= 11 is 0. The topological polar surface area (TPSA) is 58.4 Å². The molecule has 2 saturated carbocycles. The summed E-state index contributed by atoms with van der Waals surface area (Å²) in [5.74, 6) is 0.293. The molecule has 4 rings (SSSR count). The normalized spacial score (nSPS) is 33.3. The molecule has 1 amide bonds. The number of aliphatic hydroxyl groups is 1. The molecule has 0 unspecified atom stereocenters. The summed E-state index contributed by atoms with van der Waals surface area (Å²) in [4.78, 5) is 15.1. The molecule has 3 aliphatic rings. The fourth-order valence-corrected chi connectivity index (χ4v) is 4.56. The van der Waals surface area contributed by atoms with Crippen LogP contribution in [0.3, 0.4) is 0 Å². The average Bonchev–Trinajstić information content (AvgIpc) is 2.96. The van der Waals surface area contributed by atoms with E-state index in [-0.39, 0.29) is 16.9 Å². The average molecular weight is 303 g/mol. The summed E-state index contributed by atoms with van der Waals surface area (Å²) < 4.78 is 1.88. The van der Waals surface area contributed by atoms with E-state index in [0.717, 1.165) is 58.0 Å². The van der Waals surface area contributed by atoms with Gasteiger partial charge < -0.3 is 10.0 Å². The standard InChI is InChI=1S/C17H25N3O2/c21-14-4-1-5-16(14)6-2-10-19(12-16)15(22)17(7-8-17)13-20-11-3-9-18-20/h3,9,11,14,21H,1-2,4-8,10,12-13H2/t14-,16-/m1/s1. The maximum absolute atomic E-state index is 13.1. The Kier molecular flexibility index (Phi) is 3.29. The van der Waals surface area contributed by atoms with Gasteiger partial charge in [-0.15, -0.1) is 0 Å². The van der Waals surface area contributed by atoms with Crippen molar-refractivity contribution in [3.63, 3.8) is 0 Å². The van der Waals surface area contributed by atoms with Gasteiger partial charge in [0.2, 0.25) is 5.91 Å². The fourth-order valence-electron chi connectivity index (χ4n) is 4.56. The zero-order valence-electron chi connectivity index (χ0n) is 13.1. The van der Waals surface area contributed by atoms with Crippen molar-refractivity contribution in [1.82, 2.24) is 14.7 Å². The highest BCUT2D eigenvalue weighted by atomic mass is 16.3. The Labute approximate surface area is 131 Å². The lowest BCUT2D eigenvalue weighted by Crippen LogP contribution is -2.51. The van der Waals surface area contributed by atoms with E-state index in [1.165, 1.54) is 0 Å². The Bertz CT molecular complexity index is 552. The zero-order valence-corrected chi connectivity index (χ0v) is 13.1. The van der Waals surface area contributed by atoms with E-state index in [4.69, 9.17) is 0 Å². The number of carbonyl (C=O) groups excluding carboxylic acids is 1. The third-order valence-electron chi connectivity index (χ3n) is 6.09. The van der Waals surface area contributed by atoms with Crippen LogP contribution in [-0.4, -0.2) is 44.9 Å². The third kappa shape index (κ3) is 2.26. The van der Waals surface area contributed by atoms with Crippen molar-refractivity contribution >= 4 is 5.91 Å². The summed E-state index contributed by atoms with van der Waals surface area (Å²) in [5, 5.41) is 14.6. The minimum Gasteiger partial charge on any atom is -0.392 e. The maximum atomic E-state index is 13.1. The predicted octanol–water partition coefficient (Wildman–Crippen LogP) is 1.82. The maximum Gasteiger partial charge on any atom is 0.230 e. The molecule has 1 aromatic heterocycles. The van der Waals surface area contributed by atoms with Crippen LogP contribution in [-0.2, 0) is 11.3 Å². The highest BCUT2D eigenvalue weighted by Gasteiger charge is 2.54. The van der Waals surface area contributed by atoms with Crippen LogP contribution in [0.2, 0.25) is 0 Å². The molecule has 2 heterocycles. The lowest BCUT2D eigenvalue weighted by molar-refractivity contribution is -0.143. The van der Waals surface area contributed by atoms with Crippen LogP contribution >= 0.6 is 0 Å². The van der Waals surface area contributed by atoms with E-state index in [1.807, 2.05) is 16.9 Å². The Balaban J connectivity index is 1.48. The molecule has 22 heavy (non-hydrogen) atoms. The van der Waals surface area contributed by atoms with Crippen LogP contribution in [0.5, 0.6) is 0 Å². The van der Waals surface area contributed by atoms with Crippen LogP contribution in [0, 0.1) is 10.8 Å². The van der Waals surface area contributed by atoms with E-state index < -0.39 is 0 Å². The van der Waals surface area contributed by atoms with Crippen molar-refractivity contribution < 1.29 is 9.90 Å². The van der Waals surface area contributed by atoms with Gasteiger partial charge in [-0.05, 0) is 44.6 Å². The van der Waals surface area contributed by atoms with E-state index in [0.29, 0.717) is 12.5 Å². The summed E-state index contributed by atoms with van der Waals surface area (Å²) in [7, 11) is 0. The summed E-state index contributed by atoms with van der Waals surface area (Å²) in [6.45, 7) is 2.31. The van der Waals surface area contributed by atoms with Crippen LogP contribution in [0.1, 0.15) is 44.9 Å². The number of piperidine rings is 1. The number of nitrogens with zero attached hydrogens (tertiary/aromatic N) is 3. The number of amides is 1. The number of hydrogen-bond donors (Lipinski definition) is 1. The quantitative estimate of drug-likeness (QED) is 0.926. The van der Waals surface area contributed by atoms with Gasteiger partial charge in [0.25, 0.3) is 0 Å². The number of hydrogen-bond acceptors (Lipinski definition) is 3. The molecule has 1 saturated heterocycles. The van der Waals surface area contributed by atoms with Crippen molar-refractivity contribution in [2.24, 2.45) is 10.8 Å². The largest absolute Gasteiger partial charge is 0.392 e. The Hall–Kier alpha value is -1.36. The molecule has 0 bridgehead atoms. The van der Waals surface area contributed by atoms with E-state index in [2.05, 4.69) is 10.00 Å². The molecule has 1 N–H and O–H groups in total. The molecule has 120 valence electrons. The second-order valence-electron chi connectivity index (χ2n) is 7.58. The zero-order chi connectivity index (χ0) is 15.2. The van der Waals surface area contributed by atoms with Gasteiger partial charge in [-0.25, -0.2) is 0 Å². The first-order valence-electron chi connectivity index (χ1n) is 8.59. The molecule has 2 aliphatic carbocycles. The predicted molar refractivity (Wildman–Crippen MR) is 82.0 cm³/mol. The fraction of sp³-hybridized carbons (Fsp3) is 0.765. The molecule has 1 aliphatic heterocycles. The molecular weight excluding hydrogens is 278 g/mol. The van der Waals surface area contributed by atoms with Crippen molar-refractivity contribution in [2.75, 3.05) is 13.1 Å². The SMILES string of the molecule is O=C(N1CCC[C@]2(CCC[C@H]2O)C1)C1(Cn2cccn2)CC1. The Morgan fingerprint density at radius 1 is 1.27 bits per heavy atom. The van der Waals surface area contributed by atoms with E-state index in [1.54, 1.807) is 6.20 Å². The van der Waals surface area contributed by atoms with Crippen LogP contribution in [0.25, 0.3) is 0 Å². The van der Waals surface area contributed by atoms with Gasteiger partial charge >= 0.3 is 0 Å². The van der Waals surface area contributed by atoms with Gasteiger partial charge in [0, 0.05) is 30.9 Å². The Morgan fingerprint density at radius 2 is 2.09 bits per heavy atom. The molecule has 1 aromatic rings. The first-order chi connectivity index (χ1) is 10.6. The van der Waals surface area contributed by atoms with E-state index >= 15 is 0 Å². The first kappa shape index (κ1) is 14.2. The third-order valence-corrected chi connectivity index (χ3v) is 6.09. The molecule has 2 atom stereocenters. The lowest BCUT2D eigenvalue weighted by Gasteiger charge is -2.43. The Morgan fingerprint density at radius 3 is 2.73 bits per heavy atom. The molecule has 5 nitrogen and oxygen atoms in total. The van der Waals surface area contributed by atoms with Crippen molar-refractivity contribution in [1.29, 1.82) is 0 Å². The molecule has 5 heteroatoms. The smallest absolute Gasteiger partial charge is 0.230 e. The number of carbonyl (C=O) groups is 1. The van der Waals surface area contributed by atoms with Gasteiger partial charge in [0.1, 0.15) is 0 Å². The van der Waals surface area contributed by atoms with Crippen LogP contribution in [0.4, 0.5) is 0 Å². The van der Waals surface area contributed by atoms with Gasteiger partial charge in [0.15, 0.2) is 0 Å². The summed E-state index contributed by atoms with van der Waals surface area (Å²) in [6.07, 6.45) is 10.6.